The van der Waals surface area contributed by atoms with Crippen LogP contribution in [0.2, 0.25) is 5.02 Å². The number of rotatable bonds is 7. The third-order valence-electron chi connectivity index (χ3n) is 3.76. The van der Waals surface area contributed by atoms with Crippen LogP contribution in [0.25, 0.3) is 11.0 Å². The van der Waals surface area contributed by atoms with Crippen molar-refractivity contribution in [3.05, 3.63) is 64.9 Å². The van der Waals surface area contributed by atoms with Gasteiger partial charge in [-0.05, 0) is 35.4 Å². The van der Waals surface area contributed by atoms with Crippen LogP contribution in [0.15, 0.2) is 48.8 Å². The molecule has 0 aliphatic rings. The summed E-state index contributed by atoms with van der Waals surface area (Å²) >= 11 is 5.93. The molecule has 5 heteroatoms. The summed E-state index contributed by atoms with van der Waals surface area (Å²) in [6, 6.07) is 14.3. The third-order valence-corrected chi connectivity index (χ3v) is 4.02. The van der Waals surface area contributed by atoms with Crippen LogP contribution in [0, 0.1) is 0 Å². The van der Waals surface area contributed by atoms with Crippen molar-refractivity contribution in [1.82, 2.24) is 14.9 Å². The van der Waals surface area contributed by atoms with E-state index in [1.165, 1.54) is 11.1 Å². The Morgan fingerprint density at radius 3 is 2.70 bits per heavy atom. The Morgan fingerprint density at radius 1 is 1.13 bits per heavy atom. The second-order valence-corrected chi connectivity index (χ2v) is 5.93. The van der Waals surface area contributed by atoms with Crippen molar-refractivity contribution in [3.8, 4) is 0 Å². The summed E-state index contributed by atoms with van der Waals surface area (Å²) < 4.78 is 7.18. The van der Waals surface area contributed by atoms with Gasteiger partial charge in [0, 0.05) is 31.8 Å². The second kappa shape index (κ2) is 7.59. The van der Waals surface area contributed by atoms with Gasteiger partial charge in [0.25, 0.3) is 0 Å². The Balaban J connectivity index is 1.72. The molecule has 0 bridgehead atoms. The van der Waals surface area contributed by atoms with E-state index in [-0.39, 0.29) is 0 Å². The van der Waals surface area contributed by atoms with Crippen molar-refractivity contribution in [1.29, 1.82) is 0 Å². The van der Waals surface area contributed by atoms with E-state index in [9.17, 15) is 0 Å². The fraction of sp³-hybridized carbons (Fsp3) is 0.278. The number of hydrogen-bond acceptors (Lipinski definition) is 3. The Bertz CT molecular complexity index is 768. The van der Waals surface area contributed by atoms with Crippen LogP contribution in [-0.4, -0.2) is 29.8 Å². The predicted octanol–water partition coefficient (Wildman–Crippen LogP) is 3.47. The van der Waals surface area contributed by atoms with Gasteiger partial charge in [0.1, 0.15) is 0 Å². The van der Waals surface area contributed by atoms with Crippen LogP contribution in [0.1, 0.15) is 11.1 Å². The lowest BCUT2D eigenvalue weighted by Crippen LogP contribution is -2.18. The second-order valence-electron chi connectivity index (χ2n) is 5.49. The van der Waals surface area contributed by atoms with Crippen LogP contribution in [0.4, 0.5) is 0 Å². The summed E-state index contributed by atoms with van der Waals surface area (Å²) in [5, 5.41) is 4.11. The maximum absolute atomic E-state index is 5.93. The smallest absolute Gasteiger partial charge is 0.0961 e. The molecule has 23 heavy (non-hydrogen) atoms. The molecule has 3 rings (SSSR count). The molecular weight excluding hydrogens is 310 g/mol. The van der Waals surface area contributed by atoms with E-state index >= 15 is 0 Å². The van der Waals surface area contributed by atoms with E-state index in [4.69, 9.17) is 16.3 Å². The van der Waals surface area contributed by atoms with Gasteiger partial charge in [-0.15, -0.1) is 0 Å². The van der Waals surface area contributed by atoms with E-state index < -0.39 is 0 Å². The first-order valence-electron chi connectivity index (χ1n) is 7.64. The molecule has 0 aliphatic heterocycles. The highest BCUT2D eigenvalue weighted by atomic mass is 35.5. The van der Waals surface area contributed by atoms with E-state index in [0.29, 0.717) is 0 Å². The molecule has 0 atom stereocenters. The lowest BCUT2D eigenvalue weighted by molar-refractivity contribution is 0.199. The largest absolute Gasteiger partial charge is 0.383 e. The maximum atomic E-state index is 5.93. The molecule has 1 aromatic heterocycles. The van der Waals surface area contributed by atoms with Gasteiger partial charge in [-0.3, -0.25) is 0 Å². The number of nitrogens with zero attached hydrogens (tertiary/aromatic N) is 2. The van der Waals surface area contributed by atoms with E-state index in [1.54, 1.807) is 7.11 Å². The first-order chi connectivity index (χ1) is 11.3. The van der Waals surface area contributed by atoms with Crippen LogP contribution >= 0.6 is 11.6 Å². The van der Waals surface area contributed by atoms with Gasteiger partial charge in [0.2, 0.25) is 0 Å². The van der Waals surface area contributed by atoms with Crippen LogP contribution in [0.3, 0.4) is 0 Å². The molecule has 120 valence electrons. The van der Waals surface area contributed by atoms with Crippen molar-refractivity contribution in [2.75, 3.05) is 20.3 Å². The fourth-order valence-corrected chi connectivity index (χ4v) is 2.66. The predicted molar refractivity (Wildman–Crippen MR) is 93.9 cm³/mol. The summed E-state index contributed by atoms with van der Waals surface area (Å²) in [6.07, 6.45) is 1.89. The van der Waals surface area contributed by atoms with Gasteiger partial charge in [0.05, 0.1) is 24.0 Å². The average molecular weight is 330 g/mol. The Hall–Kier alpha value is -1.88. The number of aromatic nitrogens is 2. The molecule has 0 saturated carbocycles. The van der Waals surface area contributed by atoms with Crippen molar-refractivity contribution in [2.24, 2.45) is 0 Å². The van der Waals surface area contributed by atoms with Gasteiger partial charge < -0.3 is 14.6 Å². The average Bonchev–Trinajstić information content (AvgIpc) is 2.96. The zero-order valence-electron chi connectivity index (χ0n) is 13.1. The minimum Gasteiger partial charge on any atom is -0.383 e. The quantitative estimate of drug-likeness (QED) is 0.675. The monoisotopic (exact) mass is 329 g/mol. The first kappa shape index (κ1) is 16.0. The minimum absolute atomic E-state index is 0.720. The highest BCUT2D eigenvalue weighted by Crippen LogP contribution is 2.17. The Labute approximate surface area is 141 Å². The zero-order chi connectivity index (χ0) is 16.1. The van der Waals surface area contributed by atoms with Crippen molar-refractivity contribution < 1.29 is 4.74 Å². The van der Waals surface area contributed by atoms with Crippen LogP contribution in [0.5, 0.6) is 0 Å². The van der Waals surface area contributed by atoms with Gasteiger partial charge in [0.15, 0.2) is 0 Å². The number of fused-ring (bicyclic) bond motifs is 1. The number of halogens is 1. The Kier molecular flexibility index (Phi) is 5.28. The number of methoxy groups -OCH3 is 1. The number of ether oxygens (including phenoxy) is 1. The van der Waals surface area contributed by atoms with Crippen LogP contribution in [-0.2, 0) is 17.8 Å². The van der Waals surface area contributed by atoms with Gasteiger partial charge in [-0.1, -0.05) is 29.8 Å². The molecule has 0 unspecified atom stereocenters. The molecule has 2 aromatic carbocycles. The van der Waals surface area contributed by atoms with Crippen molar-refractivity contribution in [3.63, 3.8) is 0 Å². The SMILES string of the molecule is COCCNCc1ccc2c(c1)ncn2Cc1ccc(Cl)cc1. The number of imidazole rings is 1. The molecule has 3 aromatic rings. The summed E-state index contributed by atoms with van der Waals surface area (Å²) in [4.78, 5) is 4.52. The highest BCUT2D eigenvalue weighted by Gasteiger charge is 2.05. The minimum atomic E-state index is 0.720. The van der Waals surface area contributed by atoms with Crippen LogP contribution < -0.4 is 5.32 Å². The molecule has 1 heterocycles. The number of nitrogens with one attached hydrogen (secondary N) is 1. The molecule has 0 amide bonds. The highest BCUT2D eigenvalue weighted by molar-refractivity contribution is 6.30. The van der Waals surface area contributed by atoms with Gasteiger partial charge in [-0.25, -0.2) is 4.98 Å². The van der Waals surface area contributed by atoms with Gasteiger partial charge >= 0.3 is 0 Å². The van der Waals surface area contributed by atoms with E-state index in [1.807, 2.05) is 30.6 Å². The number of benzene rings is 2. The Morgan fingerprint density at radius 2 is 1.91 bits per heavy atom. The standard InChI is InChI=1S/C18H20ClN3O/c1-23-9-8-20-11-15-4-7-18-17(10-15)21-13-22(18)12-14-2-5-16(19)6-3-14/h2-7,10,13,20H,8-9,11-12H2,1H3. The van der Waals surface area contributed by atoms with E-state index in [2.05, 4.69) is 33.1 Å². The summed E-state index contributed by atoms with van der Waals surface area (Å²) in [7, 11) is 1.71. The molecule has 0 saturated heterocycles. The summed E-state index contributed by atoms with van der Waals surface area (Å²) in [5.74, 6) is 0. The molecular formula is C18H20ClN3O. The molecule has 1 N–H and O–H groups in total. The van der Waals surface area contributed by atoms with E-state index in [0.717, 1.165) is 42.3 Å². The molecule has 0 spiro atoms. The molecule has 0 aliphatic carbocycles. The topological polar surface area (TPSA) is 39.1 Å². The number of hydrogen-bond donors (Lipinski definition) is 1. The fourth-order valence-electron chi connectivity index (χ4n) is 2.54. The summed E-state index contributed by atoms with van der Waals surface area (Å²) in [6.45, 7) is 3.18. The van der Waals surface area contributed by atoms with Crippen molar-refractivity contribution >= 4 is 22.6 Å². The summed E-state index contributed by atoms with van der Waals surface area (Å²) in [5.41, 5.74) is 4.59. The lowest BCUT2D eigenvalue weighted by atomic mass is 10.2. The lowest BCUT2D eigenvalue weighted by Gasteiger charge is -2.07. The molecule has 0 fully saturated rings. The van der Waals surface area contributed by atoms with Crippen molar-refractivity contribution in [2.45, 2.75) is 13.1 Å². The van der Waals surface area contributed by atoms with Gasteiger partial charge in [-0.2, -0.15) is 0 Å². The first-order valence-corrected chi connectivity index (χ1v) is 8.02. The maximum Gasteiger partial charge on any atom is 0.0961 e. The normalized spacial score (nSPS) is 11.2. The third kappa shape index (κ3) is 4.10. The zero-order valence-corrected chi connectivity index (χ0v) is 13.9. The molecule has 4 nitrogen and oxygen atoms in total. The molecule has 0 radical (unpaired) electrons.